The zero-order valence-electron chi connectivity index (χ0n) is 13.0. The molecule has 1 aromatic heterocycles. The highest BCUT2D eigenvalue weighted by molar-refractivity contribution is 14.1. The first-order valence-electron chi connectivity index (χ1n) is 7.37. The fourth-order valence-corrected chi connectivity index (χ4v) is 4.09. The van der Waals surface area contributed by atoms with Crippen LogP contribution in [0.4, 0.5) is 4.79 Å². The van der Waals surface area contributed by atoms with Crippen molar-refractivity contribution in [2.45, 2.75) is 52.2 Å². The molecule has 1 saturated carbocycles. The summed E-state index contributed by atoms with van der Waals surface area (Å²) < 4.78 is 8.60. The Bertz CT molecular complexity index is 562. The zero-order valence-corrected chi connectivity index (χ0v) is 15.2. The van der Waals surface area contributed by atoms with Crippen LogP contribution in [0.3, 0.4) is 0 Å². The van der Waals surface area contributed by atoms with E-state index in [9.17, 15) is 4.79 Å². The molecule has 1 aliphatic heterocycles. The molecule has 0 radical (unpaired) electrons. The van der Waals surface area contributed by atoms with E-state index in [4.69, 9.17) is 4.74 Å². The van der Waals surface area contributed by atoms with Crippen LogP contribution in [-0.4, -0.2) is 39.5 Å². The monoisotopic (exact) mass is 403 g/mol. The molecular weight excluding hydrogens is 381 g/mol. The van der Waals surface area contributed by atoms with Gasteiger partial charge in [-0.15, -0.1) is 0 Å². The van der Waals surface area contributed by atoms with Crippen molar-refractivity contribution in [1.29, 1.82) is 0 Å². The van der Waals surface area contributed by atoms with Gasteiger partial charge in [0.25, 0.3) is 0 Å². The van der Waals surface area contributed by atoms with Gasteiger partial charge in [-0.05, 0) is 69.2 Å². The molecule has 5 nitrogen and oxygen atoms in total. The minimum Gasteiger partial charge on any atom is -0.444 e. The summed E-state index contributed by atoms with van der Waals surface area (Å²) in [6, 6.07) is 2.61. The maximum absolute atomic E-state index is 12.0. The molecule has 1 aromatic rings. The van der Waals surface area contributed by atoms with Crippen LogP contribution in [0.15, 0.2) is 6.07 Å². The normalized spacial score (nSPS) is 21.1. The Kier molecular flexibility index (Phi) is 3.50. The standard InChI is InChI=1S/C15H22IN3O2/c1-10-5-12(16)17-19(10)11-6-15(7-11)8-18(9-15)13(20)21-14(2,3)4/h5,11H,6-9H2,1-4H3. The van der Waals surface area contributed by atoms with Gasteiger partial charge < -0.3 is 9.64 Å². The van der Waals surface area contributed by atoms with Gasteiger partial charge in [-0.25, -0.2) is 4.79 Å². The SMILES string of the molecule is Cc1cc(I)nn1C1CC2(C1)CN(C(=O)OC(C)(C)C)C2. The summed E-state index contributed by atoms with van der Waals surface area (Å²) in [6.45, 7) is 9.48. The van der Waals surface area contributed by atoms with Crippen LogP contribution in [0, 0.1) is 16.0 Å². The van der Waals surface area contributed by atoms with Crippen molar-refractivity contribution < 1.29 is 9.53 Å². The van der Waals surface area contributed by atoms with Gasteiger partial charge >= 0.3 is 6.09 Å². The topological polar surface area (TPSA) is 47.4 Å². The molecule has 1 saturated heterocycles. The Hall–Kier alpha value is -0.790. The third-order valence-electron chi connectivity index (χ3n) is 4.28. The van der Waals surface area contributed by atoms with Crippen LogP contribution in [0.5, 0.6) is 0 Å². The molecule has 1 amide bonds. The van der Waals surface area contributed by atoms with Gasteiger partial charge in [-0.1, -0.05) is 0 Å². The smallest absolute Gasteiger partial charge is 0.410 e. The van der Waals surface area contributed by atoms with Crippen LogP contribution in [0.2, 0.25) is 0 Å². The van der Waals surface area contributed by atoms with E-state index in [2.05, 4.69) is 45.4 Å². The van der Waals surface area contributed by atoms with Crippen molar-refractivity contribution in [2.75, 3.05) is 13.1 Å². The highest BCUT2D eigenvalue weighted by Gasteiger charge is 2.55. The first-order valence-corrected chi connectivity index (χ1v) is 8.45. The third-order valence-corrected chi connectivity index (χ3v) is 4.81. The highest BCUT2D eigenvalue weighted by atomic mass is 127. The molecule has 1 spiro atoms. The second kappa shape index (κ2) is 4.86. The van der Waals surface area contributed by atoms with Gasteiger partial charge in [0, 0.05) is 24.2 Å². The Morgan fingerprint density at radius 2 is 2.05 bits per heavy atom. The fraction of sp³-hybridized carbons (Fsp3) is 0.733. The van der Waals surface area contributed by atoms with E-state index in [1.54, 1.807) is 0 Å². The molecule has 2 heterocycles. The minimum absolute atomic E-state index is 0.179. The van der Waals surface area contributed by atoms with Crippen molar-refractivity contribution in [2.24, 2.45) is 5.41 Å². The van der Waals surface area contributed by atoms with Crippen LogP contribution < -0.4 is 0 Å². The molecule has 2 fully saturated rings. The fourth-order valence-electron chi connectivity index (χ4n) is 3.41. The number of hydrogen-bond acceptors (Lipinski definition) is 3. The lowest BCUT2D eigenvalue weighted by molar-refractivity contribution is -0.0931. The van der Waals surface area contributed by atoms with E-state index in [1.807, 2.05) is 25.7 Å². The Balaban J connectivity index is 1.52. The second-order valence-electron chi connectivity index (χ2n) is 7.45. The summed E-state index contributed by atoms with van der Waals surface area (Å²) in [5, 5.41) is 4.56. The van der Waals surface area contributed by atoms with E-state index in [0.717, 1.165) is 29.6 Å². The molecule has 0 atom stereocenters. The largest absolute Gasteiger partial charge is 0.444 e. The predicted octanol–water partition coefficient (Wildman–Crippen LogP) is 3.37. The lowest BCUT2D eigenvalue weighted by Gasteiger charge is -2.58. The maximum atomic E-state index is 12.0. The van der Waals surface area contributed by atoms with E-state index >= 15 is 0 Å². The van der Waals surface area contributed by atoms with Gasteiger partial charge in [-0.2, -0.15) is 5.10 Å². The lowest BCUT2D eigenvalue weighted by Crippen LogP contribution is -2.64. The average molecular weight is 403 g/mol. The summed E-state index contributed by atoms with van der Waals surface area (Å²) in [5.74, 6) is 0. The van der Waals surface area contributed by atoms with Crippen LogP contribution in [0.1, 0.15) is 45.3 Å². The first kappa shape index (κ1) is 15.1. The minimum atomic E-state index is -0.412. The molecule has 116 valence electrons. The van der Waals surface area contributed by atoms with E-state index < -0.39 is 5.60 Å². The van der Waals surface area contributed by atoms with E-state index in [0.29, 0.717) is 11.5 Å². The number of ether oxygens (including phenoxy) is 1. The number of carbonyl (C=O) groups excluding carboxylic acids is 1. The summed E-state index contributed by atoms with van der Waals surface area (Å²) in [5.41, 5.74) is 1.12. The van der Waals surface area contributed by atoms with E-state index in [-0.39, 0.29) is 6.09 Å². The first-order chi connectivity index (χ1) is 9.67. The van der Waals surface area contributed by atoms with Gasteiger partial charge in [0.15, 0.2) is 0 Å². The molecule has 0 unspecified atom stereocenters. The highest BCUT2D eigenvalue weighted by Crippen LogP contribution is 2.54. The quantitative estimate of drug-likeness (QED) is 0.676. The third kappa shape index (κ3) is 2.91. The van der Waals surface area contributed by atoms with Crippen molar-refractivity contribution >= 4 is 28.7 Å². The number of aromatic nitrogens is 2. The number of aryl methyl sites for hydroxylation is 1. The van der Waals surface area contributed by atoms with Gasteiger partial charge in [-0.3, -0.25) is 4.68 Å². The molecule has 1 aliphatic carbocycles. The van der Waals surface area contributed by atoms with Crippen molar-refractivity contribution in [1.82, 2.24) is 14.7 Å². The van der Waals surface area contributed by atoms with Crippen LogP contribution in [0.25, 0.3) is 0 Å². The van der Waals surface area contributed by atoms with Crippen LogP contribution in [-0.2, 0) is 4.74 Å². The number of hydrogen-bond donors (Lipinski definition) is 0. The Morgan fingerprint density at radius 1 is 1.43 bits per heavy atom. The molecule has 3 rings (SSSR count). The maximum Gasteiger partial charge on any atom is 0.410 e. The number of amides is 1. The molecule has 21 heavy (non-hydrogen) atoms. The summed E-state index contributed by atoms with van der Waals surface area (Å²) in [6.07, 6.45) is 2.05. The van der Waals surface area contributed by atoms with Gasteiger partial charge in [0.1, 0.15) is 9.30 Å². The van der Waals surface area contributed by atoms with Crippen LogP contribution >= 0.6 is 22.6 Å². The lowest BCUT2D eigenvalue weighted by atomic mass is 9.61. The molecule has 6 heteroatoms. The van der Waals surface area contributed by atoms with E-state index in [1.165, 1.54) is 5.69 Å². The van der Waals surface area contributed by atoms with Gasteiger partial charge in [0.05, 0.1) is 6.04 Å². The Morgan fingerprint density at radius 3 is 2.52 bits per heavy atom. The number of carbonyl (C=O) groups is 1. The summed E-state index contributed by atoms with van der Waals surface area (Å²) in [4.78, 5) is 13.8. The van der Waals surface area contributed by atoms with Gasteiger partial charge in [0.2, 0.25) is 0 Å². The Labute approximate surface area is 139 Å². The zero-order chi connectivity index (χ0) is 15.4. The number of rotatable bonds is 1. The number of likely N-dealkylation sites (tertiary alicyclic amines) is 1. The predicted molar refractivity (Wildman–Crippen MR) is 88.2 cm³/mol. The average Bonchev–Trinajstić information content (AvgIpc) is 2.51. The number of halogens is 1. The van der Waals surface area contributed by atoms with Crippen molar-refractivity contribution in [3.8, 4) is 0 Å². The molecule has 0 aromatic carbocycles. The van der Waals surface area contributed by atoms with Crippen molar-refractivity contribution in [3.63, 3.8) is 0 Å². The molecule has 0 bridgehead atoms. The van der Waals surface area contributed by atoms with Crippen molar-refractivity contribution in [3.05, 3.63) is 15.5 Å². The second-order valence-corrected chi connectivity index (χ2v) is 8.56. The summed E-state index contributed by atoms with van der Waals surface area (Å²) >= 11 is 2.26. The molecular formula is C15H22IN3O2. The summed E-state index contributed by atoms with van der Waals surface area (Å²) in [7, 11) is 0. The molecule has 2 aliphatic rings. The molecule has 0 N–H and O–H groups in total. The number of nitrogens with zero attached hydrogens (tertiary/aromatic N) is 3.